The average Bonchev–Trinajstić information content (AvgIpc) is 2.66. The molecule has 25 heavy (non-hydrogen) atoms. The molecule has 0 saturated heterocycles. The van der Waals surface area contributed by atoms with E-state index in [1.807, 2.05) is 42.2 Å². The number of hydrogen-bond donors (Lipinski definition) is 1. The number of hydrogen-bond acceptors (Lipinski definition) is 4. The molecule has 0 aliphatic carbocycles. The number of amides is 1. The number of rotatable bonds is 5. The second-order valence-corrected chi connectivity index (χ2v) is 5.30. The van der Waals surface area contributed by atoms with Crippen LogP contribution in [0.4, 0.5) is 21.6 Å². The number of nitrogens with zero attached hydrogens (tertiary/aromatic N) is 3. The first-order valence-corrected chi connectivity index (χ1v) is 7.89. The second-order valence-electron chi connectivity index (χ2n) is 5.30. The normalized spacial score (nSPS) is 10.3. The van der Waals surface area contributed by atoms with Crippen LogP contribution in [-0.4, -0.2) is 22.4 Å². The smallest absolute Gasteiger partial charge is 0.275 e. The molecule has 0 saturated carbocycles. The molecule has 3 rings (SSSR count). The largest absolute Gasteiger partial charge is 0.325 e. The quantitative estimate of drug-likeness (QED) is 0.764. The molecule has 0 aliphatic rings. The standard InChI is InChI=1S/C19H17FN4O/c1-2-24(16-6-4-3-5-7-16)18-13-21-17(12-22-18)19(25)23-15-10-8-14(20)9-11-15/h3-13H,2H2,1H3,(H,23,25). The van der Waals surface area contributed by atoms with Gasteiger partial charge >= 0.3 is 0 Å². The Morgan fingerprint density at radius 3 is 2.36 bits per heavy atom. The summed E-state index contributed by atoms with van der Waals surface area (Å²) in [4.78, 5) is 22.7. The zero-order valence-corrected chi connectivity index (χ0v) is 13.7. The van der Waals surface area contributed by atoms with Gasteiger partial charge in [0.2, 0.25) is 0 Å². The predicted molar refractivity (Wildman–Crippen MR) is 95.5 cm³/mol. The summed E-state index contributed by atoms with van der Waals surface area (Å²) >= 11 is 0. The van der Waals surface area contributed by atoms with E-state index in [0.29, 0.717) is 11.5 Å². The Morgan fingerprint density at radius 1 is 1.04 bits per heavy atom. The van der Waals surface area contributed by atoms with Crippen LogP contribution >= 0.6 is 0 Å². The highest BCUT2D eigenvalue weighted by molar-refractivity contribution is 6.02. The minimum absolute atomic E-state index is 0.192. The number of benzene rings is 2. The van der Waals surface area contributed by atoms with Gasteiger partial charge in [-0.25, -0.2) is 14.4 Å². The van der Waals surface area contributed by atoms with Gasteiger partial charge in [0.15, 0.2) is 5.82 Å². The van der Waals surface area contributed by atoms with Gasteiger partial charge in [-0.1, -0.05) is 18.2 Å². The molecule has 2 aromatic carbocycles. The monoisotopic (exact) mass is 336 g/mol. The fourth-order valence-corrected chi connectivity index (χ4v) is 2.39. The molecule has 0 aliphatic heterocycles. The number of carbonyl (C=O) groups excluding carboxylic acids is 1. The van der Waals surface area contributed by atoms with Crippen molar-refractivity contribution in [2.75, 3.05) is 16.8 Å². The van der Waals surface area contributed by atoms with E-state index in [4.69, 9.17) is 0 Å². The average molecular weight is 336 g/mol. The van der Waals surface area contributed by atoms with E-state index < -0.39 is 5.91 Å². The summed E-state index contributed by atoms with van der Waals surface area (Å²) in [5, 5.41) is 2.66. The predicted octanol–water partition coefficient (Wildman–Crippen LogP) is 4.03. The number of nitrogens with one attached hydrogen (secondary N) is 1. The van der Waals surface area contributed by atoms with Crippen molar-refractivity contribution in [3.63, 3.8) is 0 Å². The van der Waals surface area contributed by atoms with Crippen LogP contribution < -0.4 is 10.2 Å². The molecule has 1 heterocycles. The van der Waals surface area contributed by atoms with Gasteiger partial charge in [0.25, 0.3) is 5.91 Å². The fourth-order valence-electron chi connectivity index (χ4n) is 2.39. The van der Waals surface area contributed by atoms with E-state index in [-0.39, 0.29) is 11.5 Å². The van der Waals surface area contributed by atoms with Crippen molar-refractivity contribution in [2.24, 2.45) is 0 Å². The molecule has 6 heteroatoms. The van der Waals surface area contributed by atoms with E-state index in [1.54, 1.807) is 6.20 Å². The van der Waals surface area contributed by atoms with Crippen LogP contribution in [0.3, 0.4) is 0 Å². The maximum atomic E-state index is 12.9. The number of halogens is 1. The number of para-hydroxylation sites is 1. The third-order valence-corrected chi connectivity index (χ3v) is 3.63. The van der Waals surface area contributed by atoms with Crippen LogP contribution in [0.1, 0.15) is 17.4 Å². The van der Waals surface area contributed by atoms with Crippen molar-refractivity contribution < 1.29 is 9.18 Å². The number of anilines is 3. The van der Waals surface area contributed by atoms with Crippen LogP contribution in [0.25, 0.3) is 0 Å². The molecule has 0 fully saturated rings. The molecule has 0 bridgehead atoms. The van der Waals surface area contributed by atoms with Crippen molar-refractivity contribution in [3.8, 4) is 0 Å². The van der Waals surface area contributed by atoms with Gasteiger partial charge in [-0.15, -0.1) is 0 Å². The lowest BCUT2D eigenvalue weighted by molar-refractivity contribution is 0.102. The zero-order valence-electron chi connectivity index (χ0n) is 13.7. The summed E-state index contributed by atoms with van der Waals surface area (Å²) in [5.41, 5.74) is 1.69. The van der Waals surface area contributed by atoms with Crippen molar-refractivity contribution in [1.82, 2.24) is 9.97 Å². The lowest BCUT2D eigenvalue weighted by Gasteiger charge is -2.21. The van der Waals surface area contributed by atoms with Gasteiger partial charge in [-0.3, -0.25) is 4.79 Å². The second kappa shape index (κ2) is 7.53. The molecule has 3 aromatic rings. The topological polar surface area (TPSA) is 58.1 Å². The van der Waals surface area contributed by atoms with E-state index in [9.17, 15) is 9.18 Å². The minimum Gasteiger partial charge on any atom is -0.325 e. The van der Waals surface area contributed by atoms with Crippen molar-refractivity contribution in [3.05, 3.63) is 78.5 Å². The molecule has 1 amide bonds. The minimum atomic E-state index is -0.395. The zero-order chi connectivity index (χ0) is 17.6. The Labute approximate surface area is 145 Å². The van der Waals surface area contributed by atoms with Crippen LogP contribution in [-0.2, 0) is 0 Å². The summed E-state index contributed by atoms with van der Waals surface area (Å²) in [6, 6.07) is 15.4. The Hall–Kier alpha value is -3.28. The maximum Gasteiger partial charge on any atom is 0.275 e. The molecule has 0 atom stereocenters. The van der Waals surface area contributed by atoms with E-state index >= 15 is 0 Å². The summed E-state index contributed by atoms with van der Waals surface area (Å²) in [6.07, 6.45) is 3.00. The first-order valence-electron chi connectivity index (χ1n) is 7.89. The lowest BCUT2D eigenvalue weighted by Crippen LogP contribution is -2.19. The summed E-state index contributed by atoms with van der Waals surface area (Å²) < 4.78 is 12.9. The van der Waals surface area contributed by atoms with Gasteiger partial charge in [0.05, 0.1) is 12.4 Å². The molecular formula is C19H17FN4O. The molecule has 126 valence electrons. The van der Waals surface area contributed by atoms with E-state index in [2.05, 4.69) is 15.3 Å². The highest BCUT2D eigenvalue weighted by atomic mass is 19.1. The van der Waals surface area contributed by atoms with Gasteiger partial charge < -0.3 is 10.2 Å². The molecular weight excluding hydrogens is 319 g/mol. The number of carbonyl (C=O) groups is 1. The SMILES string of the molecule is CCN(c1ccccc1)c1cnc(C(=O)Nc2ccc(F)cc2)cn1. The highest BCUT2D eigenvalue weighted by Gasteiger charge is 2.12. The van der Waals surface area contributed by atoms with Crippen molar-refractivity contribution in [2.45, 2.75) is 6.92 Å². The van der Waals surface area contributed by atoms with E-state index in [0.717, 1.165) is 12.2 Å². The molecule has 5 nitrogen and oxygen atoms in total. The van der Waals surface area contributed by atoms with E-state index in [1.165, 1.54) is 30.5 Å². The molecule has 1 N–H and O–H groups in total. The van der Waals surface area contributed by atoms with Gasteiger partial charge in [-0.2, -0.15) is 0 Å². The number of aromatic nitrogens is 2. The van der Waals surface area contributed by atoms with Crippen LogP contribution in [0.5, 0.6) is 0 Å². The Balaban J connectivity index is 1.75. The third kappa shape index (κ3) is 3.98. The Bertz CT molecular complexity index is 836. The fraction of sp³-hybridized carbons (Fsp3) is 0.105. The van der Waals surface area contributed by atoms with Crippen LogP contribution in [0.15, 0.2) is 67.0 Å². The highest BCUT2D eigenvalue weighted by Crippen LogP contribution is 2.22. The van der Waals surface area contributed by atoms with Gasteiger partial charge in [0, 0.05) is 17.9 Å². The molecule has 0 spiro atoms. The third-order valence-electron chi connectivity index (χ3n) is 3.63. The summed E-state index contributed by atoms with van der Waals surface area (Å²) in [5.74, 6) is -0.0943. The van der Waals surface area contributed by atoms with Gasteiger partial charge in [-0.05, 0) is 43.3 Å². The van der Waals surface area contributed by atoms with Gasteiger partial charge in [0.1, 0.15) is 11.5 Å². The Kier molecular flexibility index (Phi) is 4.99. The molecule has 0 unspecified atom stereocenters. The van der Waals surface area contributed by atoms with Crippen molar-refractivity contribution in [1.29, 1.82) is 0 Å². The summed E-state index contributed by atoms with van der Waals surface area (Å²) in [7, 11) is 0. The Morgan fingerprint density at radius 2 is 1.76 bits per heavy atom. The van der Waals surface area contributed by atoms with Crippen LogP contribution in [0.2, 0.25) is 0 Å². The maximum absolute atomic E-state index is 12.9. The molecule has 1 aromatic heterocycles. The van der Waals surface area contributed by atoms with Crippen LogP contribution in [0, 0.1) is 5.82 Å². The summed E-state index contributed by atoms with van der Waals surface area (Å²) in [6.45, 7) is 2.74. The first-order chi connectivity index (χ1) is 12.2. The lowest BCUT2D eigenvalue weighted by atomic mass is 10.3. The van der Waals surface area contributed by atoms with Crippen molar-refractivity contribution >= 4 is 23.1 Å². The first kappa shape index (κ1) is 16.6. The molecule has 0 radical (unpaired) electrons.